The molecule has 0 aromatic heterocycles. The molecule has 1 heterocycles. The number of hydrogen-bond acceptors (Lipinski definition) is 3. The van der Waals surface area contributed by atoms with E-state index in [-0.39, 0.29) is 16.2 Å². The van der Waals surface area contributed by atoms with Gasteiger partial charge in [-0.1, -0.05) is 36.4 Å². The van der Waals surface area contributed by atoms with E-state index < -0.39 is 0 Å². The zero-order valence-corrected chi connectivity index (χ0v) is 14.4. The van der Waals surface area contributed by atoms with Crippen molar-refractivity contribution in [3.05, 3.63) is 68.3 Å². The molecule has 1 aliphatic rings. The molecule has 3 rings (SSSR count). The summed E-state index contributed by atoms with van der Waals surface area (Å²) in [5, 5.41) is 11.7. The van der Waals surface area contributed by atoms with Crippen LogP contribution in [0.5, 0.6) is 5.75 Å². The van der Waals surface area contributed by atoms with E-state index in [0.29, 0.717) is 17.5 Å². The average Bonchev–Trinajstić information content (AvgIpc) is 2.85. The normalized spacial score (nSPS) is 15.3. The van der Waals surface area contributed by atoms with Crippen LogP contribution in [0.1, 0.15) is 41.7 Å². The number of hydrogen-bond donors (Lipinski definition) is 0. The predicted molar refractivity (Wildman–Crippen MR) is 96.4 cm³/mol. The third-order valence-electron chi connectivity index (χ3n) is 4.52. The molecule has 0 N–H and O–H groups in total. The highest BCUT2D eigenvalue weighted by atomic mass is 16.6. The monoisotopic (exact) mass is 323 g/mol. The van der Waals surface area contributed by atoms with Crippen molar-refractivity contribution in [3.63, 3.8) is 0 Å². The largest absolute Gasteiger partial charge is 0.487 e. The Kier molecular flexibility index (Phi) is 3.91. The Morgan fingerprint density at radius 1 is 1.12 bits per heavy atom. The minimum absolute atomic E-state index is 0.180. The Balaban J connectivity index is 2.21. The summed E-state index contributed by atoms with van der Waals surface area (Å²) in [5.74, 6) is 0.802. The number of nitro groups is 1. The second kappa shape index (κ2) is 5.78. The smallest absolute Gasteiger partial charge is 0.280 e. The third-order valence-corrected chi connectivity index (χ3v) is 4.52. The molecule has 4 nitrogen and oxygen atoms in total. The number of nitro benzene ring substituents is 1. The van der Waals surface area contributed by atoms with Gasteiger partial charge >= 0.3 is 0 Å². The third kappa shape index (κ3) is 2.80. The lowest BCUT2D eigenvalue weighted by Gasteiger charge is -2.17. The maximum absolute atomic E-state index is 11.7. The zero-order chi connectivity index (χ0) is 17.5. The number of rotatable bonds is 3. The van der Waals surface area contributed by atoms with Crippen LogP contribution in [0.25, 0.3) is 12.2 Å². The summed E-state index contributed by atoms with van der Waals surface area (Å²) in [6.45, 7) is 7.71. The van der Waals surface area contributed by atoms with E-state index in [4.69, 9.17) is 4.74 Å². The van der Waals surface area contributed by atoms with E-state index in [0.717, 1.165) is 22.4 Å². The SMILES string of the molecule is Cc1c(C)c([N+](=O)[O-])c(/C=C/c2ccccc2)c2c1OC(C)(C)C2. The summed E-state index contributed by atoms with van der Waals surface area (Å²) in [5.41, 5.74) is 3.97. The highest BCUT2D eigenvalue weighted by Crippen LogP contribution is 2.46. The standard InChI is InChI=1S/C20H21NO3/c1-13-14(2)19-17(12-20(3,4)24-19)16(18(13)21(22)23)11-10-15-8-6-5-7-9-15/h5-11H,12H2,1-4H3/b11-10+. The van der Waals surface area contributed by atoms with Crippen molar-refractivity contribution >= 4 is 17.8 Å². The molecular weight excluding hydrogens is 302 g/mol. The van der Waals surface area contributed by atoms with Gasteiger partial charge in [0.2, 0.25) is 0 Å². The van der Waals surface area contributed by atoms with Crippen LogP contribution >= 0.6 is 0 Å². The summed E-state index contributed by atoms with van der Waals surface area (Å²) < 4.78 is 6.08. The van der Waals surface area contributed by atoms with Gasteiger partial charge in [0.15, 0.2) is 0 Å². The van der Waals surface area contributed by atoms with Gasteiger partial charge in [0.05, 0.1) is 10.5 Å². The van der Waals surface area contributed by atoms with Crippen LogP contribution in [0.15, 0.2) is 30.3 Å². The van der Waals surface area contributed by atoms with Gasteiger partial charge in [-0.25, -0.2) is 0 Å². The van der Waals surface area contributed by atoms with E-state index in [9.17, 15) is 10.1 Å². The maximum Gasteiger partial charge on any atom is 0.280 e. The number of benzene rings is 2. The van der Waals surface area contributed by atoms with Crippen molar-refractivity contribution < 1.29 is 9.66 Å². The summed E-state index contributed by atoms with van der Waals surface area (Å²) in [6, 6.07) is 9.80. The highest BCUT2D eigenvalue weighted by Gasteiger charge is 2.37. The lowest BCUT2D eigenvalue weighted by Crippen LogP contribution is -2.24. The van der Waals surface area contributed by atoms with Crippen molar-refractivity contribution in [2.45, 2.75) is 39.7 Å². The van der Waals surface area contributed by atoms with Crippen LogP contribution in [-0.4, -0.2) is 10.5 Å². The average molecular weight is 323 g/mol. The van der Waals surface area contributed by atoms with Crippen molar-refractivity contribution in [1.82, 2.24) is 0 Å². The topological polar surface area (TPSA) is 52.4 Å². The second-order valence-electron chi connectivity index (χ2n) is 6.86. The molecule has 0 amide bonds. The number of nitrogens with zero attached hydrogens (tertiary/aromatic N) is 1. The van der Waals surface area contributed by atoms with Gasteiger partial charge in [0.1, 0.15) is 11.4 Å². The Morgan fingerprint density at radius 3 is 2.42 bits per heavy atom. The van der Waals surface area contributed by atoms with Crippen LogP contribution in [0.3, 0.4) is 0 Å². The zero-order valence-electron chi connectivity index (χ0n) is 14.4. The van der Waals surface area contributed by atoms with Crippen LogP contribution in [-0.2, 0) is 6.42 Å². The molecule has 124 valence electrons. The lowest BCUT2D eigenvalue weighted by molar-refractivity contribution is -0.385. The summed E-state index contributed by atoms with van der Waals surface area (Å²) in [6.07, 6.45) is 4.44. The molecule has 2 aromatic carbocycles. The van der Waals surface area contributed by atoms with Crippen LogP contribution in [0, 0.1) is 24.0 Å². The molecule has 24 heavy (non-hydrogen) atoms. The quantitative estimate of drug-likeness (QED) is 0.449. The van der Waals surface area contributed by atoms with Crippen molar-refractivity contribution in [2.75, 3.05) is 0 Å². The van der Waals surface area contributed by atoms with E-state index in [2.05, 4.69) is 0 Å². The number of ether oxygens (including phenoxy) is 1. The molecule has 0 unspecified atom stereocenters. The molecule has 0 spiro atoms. The fraction of sp³-hybridized carbons (Fsp3) is 0.300. The first-order chi connectivity index (χ1) is 11.3. The molecule has 4 heteroatoms. The molecule has 2 aromatic rings. The van der Waals surface area contributed by atoms with Gasteiger partial charge in [0, 0.05) is 23.1 Å². The first kappa shape index (κ1) is 16.2. The van der Waals surface area contributed by atoms with Crippen LogP contribution in [0.4, 0.5) is 5.69 Å². The molecule has 1 aliphatic heterocycles. The molecule has 0 atom stereocenters. The molecular formula is C20H21NO3. The first-order valence-corrected chi connectivity index (χ1v) is 8.03. The lowest BCUT2D eigenvalue weighted by atomic mass is 9.91. The Bertz CT molecular complexity index is 836. The predicted octanol–water partition coefficient (Wildman–Crippen LogP) is 5.10. The molecule has 0 aliphatic carbocycles. The maximum atomic E-state index is 11.7. The molecule has 0 bridgehead atoms. The van der Waals surface area contributed by atoms with Gasteiger partial charge in [-0.15, -0.1) is 0 Å². The van der Waals surface area contributed by atoms with E-state index in [1.54, 1.807) is 6.92 Å². The van der Waals surface area contributed by atoms with E-state index in [1.165, 1.54) is 0 Å². The first-order valence-electron chi connectivity index (χ1n) is 8.03. The van der Waals surface area contributed by atoms with Gasteiger partial charge in [-0.05, 0) is 39.3 Å². The minimum atomic E-state index is -0.343. The molecule has 0 saturated heterocycles. The fourth-order valence-corrected chi connectivity index (χ4v) is 3.25. The van der Waals surface area contributed by atoms with Gasteiger partial charge in [-0.3, -0.25) is 10.1 Å². The molecule has 0 fully saturated rings. The van der Waals surface area contributed by atoms with E-state index in [1.807, 2.05) is 63.3 Å². The number of fused-ring (bicyclic) bond motifs is 1. The minimum Gasteiger partial charge on any atom is -0.487 e. The van der Waals surface area contributed by atoms with E-state index >= 15 is 0 Å². The summed E-state index contributed by atoms with van der Waals surface area (Å²) in [7, 11) is 0. The molecule has 0 radical (unpaired) electrons. The van der Waals surface area contributed by atoms with Gasteiger partial charge < -0.3 is 4.74 Å². The van der Waals surface area contributed by atoms with Gasteiger partial charge in [-0.2, -0.15) is 0 Å². The highest BCUT2D eigenvalue weighted by molar-refractivity contribution is 5.80. The Labute approximate surface area is 141 Å². The van der Waals surface area contributed by atoms with Crippen molar-refractivity contribution in [1.29, 1.82) is 0 Å². The van der Waals surface area contributed by atoms with Gasteiger partial charge in [0.25, 0.3) is 5.69 Å². The van der Waals surface area contributed by atoms with Crippen molar-refractivity contribution in [3.8, 4) is 5.75 Å². The Hall–Kier alpha value is -2.62. The summed E-state index contributed by atoms with van der Waals surface area (Å²) >= 11 is 0. The van der Waals surface area contributed by atoms with Crippen LogP contribution in [0.2, 0.25) is 0 Å². The summed E-state index contributed by atoms with van der Waals surface area (Å²) in [4.78, 5) is 11.4. The fourth-order valence-electron chi connectivity index (χ4n) is 3.25. The van der Waals surface area contributed by atoms with Crippen LogP contribution < -0.4 is 4.74 Å². The Morgan fingerprint density at radius 2 is 1.79 bits per heavy atom. The second-order valence-corrected chi connectivity index (χ2v) is 6.86. The van der Waals surface area contributed by atoms with Crippen molar-refractivity contribution in [2.24, 2.45) is 0 Å². The molecule has 0 saturated carbocycles.